The van der Waals surface area contributed by atoms with Crippen molar-refractivity contribution < 1.29 is 9.94 Å². The second-order valence-corrected chi connectivity index (χ2v) is 4.60. The van der Waals surface area contributed by atoms with Crippen molar-refractivity contribution in [2.75, 3.05) is 0 Å². The lowest BCUT2D eigenvalue weighted by atomic mass is 10.1. The summed E-state index contributed by atoms with van der Waals surface area (Å²) in [5, 5.41) is 11.4. The molecule has 0 heterocycles. The van der Waals surface area contributed by atoms with Gasteiger partial charge in [-0.3, -0.25) is 0 Å². The maximum Gasteiger partial charge on any atom is 0.119 e. The van der Waals surface area contributed by atoms with Gasteiger partial charge in [0.25, 0.3) is 0 Å². The van der Waals surface area contributed by atoms with E-state index in [1.165, 1.54) is 22.9 Å². The van der Waals surface area contributed by atoms with Crippen LogP contribution in [0.15, 0.2) is 47.6 Å². The molecule has 0 aliphatic heterocycles. The van der Waals surface area contributed by atoms with Gasteiger partial charge < -0.3 is 9.94 Å². The van der Waals surface area contributed by atoms with E-state index in [4.69, 9.17) is 9.94 Å². The van der Waals surface area contributed by atoms with Crippen LogP contribution < -0.4 is 4.74 Å². The van der Waals surface area contributed by atoms with Crippen molar-refractivity contribution in [3.63, 3.8) is 0 Å². The standard InChI is InChI=1S/C16H17NO2/c1-12-7-13(2)9-15(8-12)11-19-16-5-3-14(4-6-16)10-17-18/h3-10,18H,11H2,1-2H3/b17-10-. The van der Waals surface area contributed by atoms with Crippen molar-refractivity contribution in [2.45, 2.75) is 20.5 Å². The molecular weight excluding hydrogens is 238 g/mol. The Balaban J connectivity index is 2.01. The SMILES string of the molecule is Cc1cc(C)cc(COc2ccc(/C=N\O)cc2)c1. The quantitative estimate of drug-likeness (QED) is 0.514. The Labute approximate surface area is 113 Å². The molecule has 0 bridgehead atoms. The second-order valence-electron chi connectivity index (χ2n) is 4.60. The van der Waals surface area contributed by atoms with E-state index in [0.717, 1.165) is 11.3 Å². The predicted molar refractivity (Wildman–Crippen MR) is 76.1 cm³/mol. The molecule has 0 unspecified atom stereocenters. The normalized spacial score (nSPS) is 10.8. The molecule has 19 heavy (non-hydrogen) atoms. The van der Waals surface area contributed by atoms with Gasteiger partial charge >= 0.3 is 0 Å². The van der Waals surface area contributed by atoms with Gasteiger partial charge in [-0.1, -0.05) is 34.5 Å². The van der Waals surface area contributed by atoms with Crippen LogP contribution in [0.5, 0.6) is 5.75 Å². The fourth-order valence-electron chi connectivity index (χ4n) is 2.04. The summed E-state index contributed by atoms with van der Waals surface area (Å²) in [6, 6.07) is 13.8. The van der Waals surface area contributed by atoms with Gasteiger partial charge in [0.1, 0.15) is 12.4 Å². The van der Waals surface area contributed by atoms with Crippen LogP contribution in [0, 0.1) is 13.8 Å². The molecule has 3 nitrogen and oxygen atoms in total. The minimum atomic E-state index is 0.552. The summed E-state index contributed by atoms with van der Waals surface area (Å²) in [4.78, 5) is 0. The molecule has 0 atom stereocenters. The van der Waals surface area contributed by atoms with Crippen LogP contribution in [0.2, 0.25) is 0 Å². The lowest BCUT2D eigenvalue weighted by molar-refractivity contribution is 0.306. The van der Waals surface area contributed by atoms with E-state index in [0.29, 0.717) is 6.61 Å². The number of nitrogens with zero attached hydrogens (tertiary/aromatic N) is 1. The summed E-state index contributed by atoms with van der Waals surface area (Å²) in [5.41, 5.74) is 4.49. The van der Waals surface area contributed by atoms with Crippen LogP contribution >= 0.6 is 0 Å². The predicted octanol–water partition coefficient (Wildman–Crippen LogP) is 3.69. The molecule has 3 heteroatoms. The molecule has 0 saturated heterocycles. The maximum atomic E-state index is 8.43. The highest BCUT2D eigenvalue weighted by Gasteiger charge is 1.98. The molecule has 2 rings (SSSR count). The molecule has 98 valence electrons. The number of rotatable bonds is 4. The summed E-state index contributed by atoms with van der Waals surface area (Å²) in [5.74, 6) is 0.800. The molecule has 0 fully saturated rings. The first-order valence-electron chi connectivity index (χ1n) is 6.15. The molecule has 0 radical (unpaired) electrons. The highest BCUT2D eigenvalue weighted by Crippen LogP contribution is 2.15. The topological polar surface area (TPSA) is 41.8 Å². The van der Waals surface area contributed by atoms with Crippen molar-refractivity contribution in [1.82, 2.24) is 0 Å². The zero-order valence-corrected chi connectivity index (χ0v) is 11.1. The van der Waals surface area contributed by atoms with Gasteiger partial charge in [-0.15, -0.1) is 0 Å². The Bertz CT molecular complexity index is 554. The zero-order chi connectivity index (χ0) is 13.7. The van der Waals surface area contributed by atoms with Gasteiger partial charge in [0.15, 0.2) is 0 Å². The molecule has 0 amide bonds. The Morgan fingerprint density at radius 1 is 1.05 bits per heavy atom. The van der Waals surface area contributed by atoms with Crippen LogP contribution in [0.4, 0.5) is 0 Å². The van der Waals surface area contributed by atoms with Crippen molar-refractivity contribution in [1.29, 1.82) is 0 Å². The van der Waals surface area contributed by atoms with Crippen LogP contribution in [0.1, 0.15) is 22.3 Å². The first kappa shape index (κ1) is 13.1. The summed E-state index contributed by atoms with van der Waals surface area (Å²) in [7, 11) is 0. The Morgan fingerprint density at radius 2 is 1.68 bits per heavy atom. The fourth-order valence-corrected chi connectivity index (χ4v) is 2.04. The first-order chi connectivity index (χ1) is 9.17. The number of ether oxygens (including phenoxy) is 1. The van der Waals surface area contributed by atoms with E-state index >= 15 is 0 Å². The molecule has 2 aromatic carbocycles. The maximum absolute atomic E-state index is 8.43. The van der Waals surface area contributed by atoms with E-state index in [2.05, 4.69) is 37.2 Å². The van der Waals surface area contributed by atoms with Crippen LogP contribution in [0.3, 0.4) is 0 Å². The fraction of sp³-hybridized carbons (Fsp3) is 0.188. The number of aryl methyl sites for hydroxylation is 2. The van der Waals surface area contributed by atoms with Crippen LogP contribution in [-0.2, 0) is 6.61 Å². The van der Waals surface area contributed by atoms with Crippen LogP contribution in [0.25, 0.3) is 0 Å². The monoisotopic (exact) mass is 255 g/mol. The average Bonchev–Trinajstić information content (AvgIpc) is 2.37. The van der Waals surface area contributed by atoms with E-state index in [9.17, 15) is 0 Å². The Kier molecular flexibility index (Phi) is 4.18. The number of hydrogen-bond acceptors (Lipinski definition) is 3. The van der Waals surface area contributed by atoms with Crippen molar-refractivity contribution >= 4 is 6.21 Å². The van der Waals surface area contributed by atoms with E-state index < -0.39 is 0 Å². The van der Waals surface area contributed by atoms with Gasteiger partial charge in [-0.25, -0.2) is 0 Å². The van der Waals surface area contributed by atoms with Crippen molar-refractivity contribution in [3.8, 4) is 5.75 Å². The van der Waals surface area contributed by atoms with E-state index in [1.54, 1.807) is 0 Å². The summed E-state index contributed by atoms with van der Waals surface area (Å²) in [6.07, 6.45) is 1.38. The minimum Gasteiger partial charge on any atom is -0.489 e. The smallest absolute Gasteiger partial charge is 0.119 e. The Morgan fingerprint density at radius 3 is 2.26 bits per heavy atom. The van der Waals surface area contributed by atoms with Gasteiger partial charge in [-0.05, 0) is 49.2 Å². The average molecular weight is 255 g/mol. The molecule has 0 aromatic heterocycles. The highest BCUT2D eigenvalue weighted by atomic mass is 16.5. The van der Waals surface area contributed by atoms with Gasteiger partial charge in [0, 0.05) is 0 Å². The molecule has 0 aliphatic rings. The third kappa shape index (κ3) is 3.85. The summed E-state index contributed by atoms with van der Waals surface area (Å²) in [6.45, 7) is 4.72. The largest absolute Gasteiger partial charge is 0.489 e. The van der Waals surface area contributed by atoms with Gasteiger partial charge in [0.05, 0.1) is 6.21 Å². The highest BCUT2D eigenvalue weighted by molar-refractivity contribution is 5.79. The van der Waals surface area contributed by atoms with E-state index in [-0.39, 0.29) is 0 Å². The third-order valence-corrected chi connectivity index (χ3v) is 2.77. The molecule has 1 N–H and O–H groups in total. The first-order valence-corrected chi connectivity index (χ1v) is 6.15. The number of benzene rings is 2. The summed E-state index contributed by atoms with van der Waals surface area (Å²) >= 11 is 0. The van der Waals surface area contributed by atoms with Crippen molar-refractivity contribution in [2.24, 2.45) is 5.16 Å². The van der Waals surface area contributed by atoms with Gasteiger partial charge in [0.2, 0.25) is 0 Å². The summed E-state index contributed by atoms with van der Waals surface area (Å²) < 4.78 is 5.73. The number of hydrogen-bond donors (Lipinski definition) is 1. The molecule has 2 aromatic rings. The Hall–Kier alpha value is -2.29. The lowest BCUT2D eigenvalue weighted by Gasteiger charge is -2.08. The molecule has 0 spiro atoms. The minimum absolute atomic E-state index is 0.552. The molecule has 0 saturated carbocycles. The van der Waals surface area contributed by atoms with Crippen LogP contribution in [-0.4, -0.2) is 11.4 Å². The molecule has 0 aliphatic carbocycles. The lowest BCUT2D eigenvalue weighted by Crippen LogP contribution is -1.96. The van der Waals surface area contributed by atoms with E-state index in [1.807, 2.05) is 24.3 Å². The number of oxime groups is 1. The zero-order valence-electron chi connectivity index (χ0n) is 11.1. The van der Waals surface area contributed by atoms with Crippen molar-refractivity contribution in [3.05, 3.63) is 64.7 Å². The molecular formula is C16H17NO2. The van der Waals surface area contributed by atoms with Gasteiger partial charge in [-0.2, -0.15) is 0 Å². The third-order valence-electron chi connectivity index (χ3n) is 2.77. The second kappa shape index (κ2) is 6.05.